The molecule has 1 aliphatic heterocycles. The van der Waals surface area contributed by atoms with Crippen LogP contribution in [0.15, 0.2) is 23.2 Å². The van der Waals surface area contributed by atoms with E-state index in [-0.39, 0.29) is 12.7 Å². The van der Waals surface area contributed by atoms with Crippen LogP contribution in [0.25, 0.3) is 0 Å². The van der Waals surface area contributed by atoms with Crippen LogP contribution in [0.4, 0.5) is 0 Å². The molecule has 0 unspecified atom stereocenters. The number of hydrogen-bond acceptors (Lipinski definition) is 4. The van der Waals surface area contributed by atoms with Crippen molar-refractivity contribution in [2.75, 3.05) is 26.9 Å². The Kier molecular flexibility index (Phi) is 6.53. The van der Waals surface area contributed by atoms with Crippen molar-refractivity contribution in [3.05, 3.63) is 23.8 Å². The van der Waals surface area contributed by atoms with Crippen LogP contribution >= 0.6 is 0 Å². The van der Waals surface area contributed by atoms with E-state index in [4.69, 9.17) is 9.47 Å². The van der Waals surface area contributed by atoms with Crippen LogP contribution < -0.4 is 25.4 Å². The average molecular weight is 320 g/mol. The van der Waals surface area contributed by atoms with Gasteiger partial charge < -0.3 is 25.4 Å². The molecule has 7 nitrogen and oxygen atoms in total. The summed E-state index contributed by atoms with van der Waals surface area (Å²) < 4.78 is 10.6. The lowest BCUT2D eigenvalue weighted by atomic mass is 10.2. The van der Waals surface area contributed by atoms with Crippen molar-refractivity contribution in [1.82, 2.24) is 16.0 Å². The monoisotopic (exact) mass is 320 g/mol. The molecule has 0 aromatic heterocycles. The van der Waals surface area contributed by atoms with Gasteiger partial charge in [0.25, 0.3) is 0 Å². The zero-order chi connectivity index (χ0) is 16.5. The normalized spacial score (nSPS) is 12.9. The zero-order valence-corrected chi connectivity index (χ0v) is 13.6. The second-order valence-corrected chi connectivity index (χ2v) is 5.14. The Bertz CT molecular complexity index is 560. The molecule has 1 aromatic rings. The van der Waals surface area contributed by atoms with Crippen LogP contribution in [-0.4, -0.2) is 38.8 Å². The van der Waals surface area contributed by atoms with Crippen LogP contribution in [0.3, 0.4) is 0 Å². The third-order valence-electron chi connectivity index (χ3n) is 3.34. The SMILES string of the molecule is CCCNC(=O)CCNC(=NC)NCc1ccc2c(c1)OCO2. The average Bonchev–Trinajstić information content (AvgIpc) is 3.03. The van der Waals surface area contributed by atoms with Crippen molar-refractivity contribution >= 4 is 11.9 Å². The number of carbonyl (C=O) groups excluding carboxylic acids is 1. The smallest absolute Gasteiger partial charge is 0.231 e. The molecule has 0 aliphatic carbocycles. The van der Waals surface area contributed by atoms with E-state index in [1.54, 1.807) is 7.05 Å². The summed E-state index contributed by atoms with van der Waals surface area (Å²) >= 11 is 0. The van der Waals surface area contributed by atoms with E-state index in [1.807, 2.05) is 25.1 Å². The Morgan fingerprint density at radius 3 is 2.78 bits per heavy atom. The predicted molar refractivity (Wildman–Crippen MR) is 88.7 cm³/mol. The summed E-state index contributed by atoms with van der Waals surface area (Å²) in [6, 6.07) is 5.82. The largest absolute Gasteiger partial charge is 0.454 e. The molecule has 126 valence electrons. The second-order valence-electron chi connectivity index (χ2n) is 5.14. The van der Waals surface area contributed by atoms with Gasteiger partial charge in [-0.1, -0.05) is 13.0 Å². The van der Waals surface area contributed by atoms with Crippen LogP contribution in [0.2, 0.25) is 0 Å². The highest BCUT2D eigenvalue weighted by Gasteiger charge is 2.13. The van der Waals surface area contributed by atoms with Gasteiger partial charge in [-0.15, -0.1) is 0 Å². The maximum absolute atomic E-state index is 11.5. The van der Waals surface area contributed by atoms with Crippen molar-refractivity contribution < 1.29 is 14.3 Å². The third kappa shape index (κ3) is 5.36. The number of benzene rings is 1. The lowest BCUT2D eigenvalue weighted by Crippen LogP contribution is -2.39. The third-order valence-corrected chi connectivity index (χ3v) is 3.34. The lowest BCUT2D eigenvalue weighted by molar-refractivity contribution is -0.120. The van der Waals surface area contributed by atoms with Crippen molar-refractivity contribution in [2.45, 2.75) is 26.3 Å². The first-order valence-electron chi connectivity index (χ1n) is 7.82. The molecule has 1 amide bonds. The maximum Gasteiger partial charge on any atom is 0.231 e. The first-order valence-corrected chi connectivity index (χ1v) is 7.82. The summed E-state index contributed by atoms with van der Waals surface area (Å²) in [4.78, 5) is 15.7. The first-order chi connectivity index (χ1) is 11.2. The number of amides is 1. The van der Waals surface area contributed by atoms with E-state index in [0.717, 1.165) is 30.0 Å². The minimum Gasteiger partial charge on any atom is -0.454 e. The van der Waals surface area contributed by atoms with Crippen molar-refractivity contribution in [3.63, 3.8) is 0 Å². The van der Waals surface area contributed by atoms with Gasteiger partial charge in [0, 0.05) is 33.1 Å². The van der Waals surface area contributed by atoms with Crippen LogP contribution in [0, 0.1) is 0 Å². The van der Waals surface area contributed by atoms with Crippen LogP contribution in [-0.2, 0) is 11.3 Å². The van der Waals surface area contributed by atoms with Gasteiger partial charge >= 0.3 is 0 Å². The van der Waals surface area contributed by atoms with E-state index in [9.17, 15) is 4.79 Å². The Morgan fingerprint density at radius 2 is 2.00 bits per heavy atom. The quantitative estimate of drug-likeness (QED) is 0.515. The zero-order valence-electron chi connectivity index (χ0n) is 13.6. The molecule has 0 bridgehead atoms. The number of carbonyl (C=O) groups is 1. The highest BCUT2D eigenvalue weighted by Crippen LogP contribution is 2.32. The Hall–Kier alpha value is -2.44. The minimum atomic E-state index is 0.0468. The number of ether oxygens (including phenoxy) is 2. The number of aliphatic imine (C=N–C) groups is 1. The molecule has 1 aliphatic rings. The van der Waals surface area contributed by atoms with Crippen LogP contribution in [0.5, 0.6) is 11.5 Å². The molecular weight excluding hydrogens is 296 g/mol. The molecular formula is C16H24N4O3. The first kappa shape index (κ1) is 16.9. The fraction of sp³-hybridized carbons (Fsp3) is 0.500. The van der Waals surface area contributed by atoms with Crippen molar-refractivity contribution in [1.29, 1.82) is 0 Å². The molecule has 0 radical (unpaired) electrons. The molecule has 7 heteroatoms. The van der Waals surface area contributed by atoms with E-state index in [1.165, 1.54) is 0 Å². The van der Waals surface area contributed by atoms with Gasteiger partial charge in [0.1, 0.15) is 0 Å². The Labute approximate surface area is 136 Å². The fourth-order valence-electron chi connectivity index (χ4n) is 2.10. The number of nitrogens with zero attached hydrogens (tertiary/aromatic N) is 1. The highest BCUT2D eigenvalue weighted by atomic mass is 16.7. The summed E-state index contributed by atoms with van der Waals surface area (Å²) in [5.74, 6) is 2.24. The number of rotatable bonds is 7. The van der Waals surface area contributed by atoms with Gasteiger partial charge in [-0.05, 0) is 24.1 Å². The van der Waals surface area contributed by atoms with Gasteiger partial charge in [0.15, 0.2) is 17.5 Å². The van der Waals surface area contributed by atoms with Gasteiger partial charge in [-0.2, -0.15) is 0 Å². The van der Waals surface area contributed by atoms with Crippen molar-refractivity contribution in [3.8, 4) is 11.5 Å². The molecule has 3 N–H and O–H groups in total. The molecule has 0 spiro atoms. The standard InChI is InChI=1S/C16H24N4O3/c1-3-7-18-15(21)6-8-19-16(17-2)20-10-12-4-5-13-14(9-12)23-11-22-13/h4-5,9H,3,6-8,10-11H2,1-2H3,(H,18,21)(H2,17,19,20). The number of guanidine groups is 1. The van der Waals surface area contributed by atoms with E-state index in [2.05, 4.69) is 20.9 Å². The molecule has 1 heterocycles. The molecule has 1 aromatic carbocycles. The van der Waals surface area contributed by atoms with Gasteiger partial charge in [0.05, 0.1) is 0 Å². The van der Waals surface area contributed by atoms with Gasteiger partial charge in [0.2, 0.25) is 12.7 Å². The van der Waals surface area contributed by atoms with Gasteiger partial charge in [-0.25, -0.2) is 0 Å². The van der Waals surface area contributed by atoms with E-state index >= 15 is 0 Å². The summed E-state index contributed by atoms with van der Waals surface area (Å²) in [6.45, 7) is 4.17. The second kappa shape index (κ2) is 8.87. The summed E-state index contributed by atoms with van der Waals surface area (Å²) in [6.07, 6.45) is 1.36. The molecule has 0 fully saturated rings. The highest BCUT2D eigenvalue weighted by molar-refractivity contribution is 5.81. The maximum atomic E-state index is 11.5. The Balaban J connectivity index is 1.72. The number of nitrogens with one attached hydrogen (secondary N) is 3. The minimum absolute atomic E-state index is 0.0468. The molecule has 2 rings (SSSR count). The predicted octanol–water partition coefficient (Wildman–Crippen LogP) is 0.997. The molecule has 0 saturated carbocycles. The van der Waals surface area contributed by atoms with Crippen LogP contribution in [0.1, 0.15) is 25.3 Å². The summed E-state index contributed by atoms with van der Waals surface area (Å²) in [7, 11) is 1.70. The van der Waals surface area contributed by atoms with Crippen molar-refractivity contribution in [2.24, 2.45) is 4.99 Å². The van der Waals surface area contributed by atoms with Gasteiger partial charge in [-0.3, -0.25) is 9.79 Å². The van der Waals surface area contributed by atoms with E-state index in [0.29, 0.717) is 25.5 Å². The number of hydrogen-bond donors (Lipinski definition) is 3. The topological polar surface area (TPSA) is 84.0 Å². The molecule has 0 atom stereocenters. The summed E-state index contributed by atoms with van der Waals surface area (Å²) in [5, 5.41) is 9.17. The Morgan fingerprint density at radius 1 is 1.17 bits per heavy atom. The molecule has 0 saturated heterocycles. The number of fused-ring (bicyclic) bond motifs is 1. The fourth-order valence-corrected chi connectivity index (χ4v) is 2.10. The lowest BCUT2D eigenvalue weighted by Gasteiger charge is -2.12. The summed E-state index contributed by atoms with van der Waals surface area (Å²) in [5.41, 5.74) is 1.07. The molecule has 23 heavy (non-hydrogen) atoms. The van der Waals surface area contributed by atoms with E-state index < -0.39 is 0 Å².